The zero-order valence-corrected chi connectivity index (χ0v) is 11.9. The summed E-state index contributed by atoms with van der Waals surface area (Å²) in [5.74, 6) is -0.906. The number of aromatic carboxylic acids is 1. The SMILES string of the molecule is CC1CCN(Cc2c(C(=O)O)nc3c(F)cccn23)CC1. The number of fused-ring (bicyclic) bond motifs is 1. The maximum atomic E-state index is 13.8. The van der Waals surface area contributed by atoms with Gasteiger partial charge in [-0.2, -0.15) is 0 Å². The van der Waals surface area contributed by atoms with E-state index in [0.29, 0.717) is 18.2 Å². The molecule has 5 nitrogen and oxygen atoms in total. The molecule has 1 aliphatic heterocycles. The van der Waals surface area contributed by atoms with E-state index in [2.05, 4.69) is 16.8 Å². The molecule has 0 radical (unpaired) electrons. The zero-order chi connectivity index (χ0) is 15.0. The van der Waals surface area contributed by atoms with Crippen LogP contribution in [0.5, 0.6) is 0 Å². The molecule has 0 amide bonds. The van der Waals surface area contributed by atoms with Gasteiger partial charge in [-0.1, -0.05) is 6.92 Å². The second-order valence-electron chi connectivity index (χ2n) is 5.72. The normalized spacial score (nSPS) is 17.4. The lowest BCUT2D eigenvalue weighted by atomic mass is 9.99. The first-order valence-electron chi connectivity index (χ1n) is 7.17. The molecule has 1 N–H and O–H groups in total. The molecule has 1 aliphatic rings. The third-order valence-electron chi connectivity index (χ3n) is 4.15. The Kier molecular flexibility index (Phi) is 3.63. The molecule has 1 saturated heterocycles. The predicted molar refractivity (Wildman–Crippen MR) is 75.8 cm³/mol. The van der Waals surface area contributed by atoms with E-state index in [1.165, 1.54) is 6.07 Å². The summed E-state index contributed by atoms with van der Waals surface area (Å²) in [6, 6.07) is 2.86. The van der Waals surface area contributed by atoms with Gasteiger partial charge in [0.2, 0.25) is 0 Å². The Morgan fingerprint density at radius 3 is 2.86 bits per heavy atom. The van der Waals surface area contributed by atoms with Crippen LogP contribution in [0.25, 0.3) is 5.65 Å². The van der Waals surface area contributed by atoms with Gasteiger partial charge in [0.1, 0.15) is 0 Å². The average molecular weight is 291 g/mol. The average Bonchev–Trinajstić information content (AvgIpc) is 2.82. The van der Waals surface area contributed by atoms with E-state index in [0.717, 1.165) is 25.9 Å². The van der Waals surface area contributed by atoms with Crippen LogP contribution in [0.15, 0.2) is 18.3 Å². The summed E-state index contributed by atoms with van der Waals surface area (Å²) in [6.45, 7) is 4.58. The van der Waals surface area contributed by atoms with Crippen LogP contribution >= 0.6 is 0 Å². The van der Waals surface area contributed by atoms with Crippen LogP contribution in [0, 0.1) is 11.7 Å². The van der Waals surface area contributed by atoms with Gasteiger partial charge in [0.05, 0.1) is 5.69 Å². The number of pyridine rings is 1. The number of nitrogens with zero attached hydrogens (tertiary/aromatic N) is 3. The lowest BCUT2D eigenvalue weighted by Gasteiger charge is -2.30. The van der Waals surface area contributed by atoms with Crippen molar-refractivity contribution in [3.8, 4) is 0 Å². The van der Waals surface area contributed by atoms with Gasteiger partial charge in [-0.25, -0.2) is 14.2 Å². The summed E-state index contributed by atoms with van der Waals surface area (Å²) in [7, 11) is 0. The number of carbonyl (C=O) groups is 1. The quantitative estimate of drug-likeness (QED) is 0.943. The molecule has 0 aliphatic carbocycles. The monoisotopic (exact) mass is 291 g/mol. The molecule has 0 bridgehead atoms. The number of halogens is 1. The minimum atomic E-state index is -1.11. The van der Waals surface area contributed by atoms with Crippen molar-refractivity contribution in [2.24, 2.45) is 5.92 Å². The van der Waals surface area contributed by atoms with Crippen molar-refractivity contribution >= 4 is 11.6 Å². The van der Waals surface area contributed by atoms with Gasteiger partial charge in [-0.15, -0.1) is 0 Å². The van der Waals surface area contributed by atoms with Crippen LogP contribution < -0.4 is 0 Å². The minimum absolute atomic E-state index is 0.0567. The van der Waals surface area contributed by atoms with Crippen molar-refractivity contribution in [1.82, 2.24) is 14.3 Å². The number of carboxylic acids is 1. The van der Waals surface area contributed by atoms with Crippen LogP contribution in [0.2, 0.25) is 0 Å². The molecule has 3 rings (SSSR count). The summed E-state index contributed by atoms with van der Waals surface area (Å²) in [6.07, 6.45) is 3.88. The minimum Gasteiger partial charge on any atom is -0.476 e. The first-order chi connectivity index (χ1) is 10.1. The van der Waals surface area contributed by atoms with Crippen molar-refractivity contribution in [3.63, 3.8) is 0 Å². The Morgan fingerprint density at radius 2 is 2.19 bits per heavy atom. The summed E-state index contributed by atoms with van der Waals surface area (Å²) in [4.78, 5) is 17.5. The fourth-order valence-electron chi connectivity index (χ4n) is 2.84. The summed E-state index contributed by atoms with van der Waals surface area (Å²) in [5.41, 5.74) is 0.570. The van der Waals surface area contributed by atoms with E-state index in [4.69, 9.17) is 0 Å². The molecular formula is C15H18FN3O2. The number of piperidine rings is 1. The molecule has 0 unspecified atom stereocenters. The Balaban J connectivity index is 1.98. The first kappa shape index (κ1) is 14.0. The van der Waals surface area contributed by atoms with E-state index in [1.807, 2.05) is 0 Å². The Labute approximate surface area is 122 Å². The molecule has 0 saturated carbocycles. The van der Waals surface area contributed by atoms with Crippen molar-refractivity contribution < 1.29 is 14.3 Å². The summed E-state index contributed by atoms with van der Waals surface area (Å²) >= 11 is 0. The second kappa shape index (κ2) is 5.44. The van der Waals surface area contributed by atoms with Crippen molar-refractivity contribution in [2.45, 2.75) is 26.3 Å². The van der Waals surface area contributed by atoms with Crippen LogP contribution in [0.4, 0.5) is 4.39 Å². The number of likely N-dealkylation sites (tertiary alicyclic amines) is 1. The molecule has 0 spiro atoms. The Hall–Kier alpha value is -1.95. The number of carboxylic acid groups (broad SMARTS) is 1. The third kappa shape index (κ3) is 2.63. The fourth-order valence-corrected chi connectivity index (χ4v) is 2.84. The fraction of sp³-hybridized carbons (Fsp3) is 0.467. The van der Waals surface area contributed by atoms with Gasteiger partial charge >= 0.3 is 5.97 Å². The predicted octanol–water partition coefficient (Wildman–Crippen LogP) is 2.40. The van der Waals surface area contributed by atoms with Crippen molar-refractivity contribution in [1.29, 1.82) is 0 Å². The topological polar surface area (TPSA) is 57.8 Å². The van der Waals surface area contributed by atoms with Gasteiger partial charge in [0.25, 0.3) is 0 Å². The highest BCUT2D eigenvalue weighted by atomic mass is 19.1. The lowest BCUT2D eigenvalue weighted by molar-refractivity contribution is 0.0687. The highest BCUT2D eigenvalue weighted by Gasteiger charge is 2.23. The molecule has 1 fully saturated rings. The van der Waals surface area contributed by atoms with Gasteiger partial charge < -0.3 is 5.11 Å². The van der Waals surface area contributed by atoms with Gasteiger partial charge in [-0.05, 0) is 44.0 Å². The number of imidazole rings is 1. The van der Waals surface area contributed by atoms with Gasteiger partial charge in [0.15, 0.2) is 17.2 Å². The first-order valence-corrected chi connectivity index (χ1v) is 7.17. The number of hydrogen-bond acceptors (Lipinski definition) is 3. The van der Waals surface area contributed by atoms with Crippen molar-refractivity contribution in [2.75, 3.05) is 13.1 Å². The number of aromatic nitrogens is 2. The smallest absolute Gasteiger partial charge is 0.356 e. The number of hydrogen-bond donors (Lipinski definition) is 1. The molecule has 0 atom stereocenters. The Bertz CT molecular complexity index is 675. The van der Waals surface area contributed by atoms with E-state index in [1.54, 1.807) is 16.7 Å². The summed E-state index contributed by atoms with van der Waals surface area (Å²) in [5, 5.41) is 9.31. The molecule has 2 aromatic rings. The van der Waals surface area contributed by atoms with Gasteiger partial charge in [0, 0.05) is 12.7 Å². The second-order valence-corrected chi connectivity index (χ2v) is 5.72. The zero-order valence-electron chi connectivity index (χ0n) is 11.9. The highest BCUT2D eigenvalue weighted by molar-refractivity contribution is 5.88. The maximum Gasteiger partial charge on any atom is 0.356 e. The molecule has 21 heavy (non-hydrogen) atoms. The molecule has 0 aromatic carbocycles. The lowest BCUT2D eigenvalue weighted by Crippen LogP contribution is -2.33. The molecule has 6 heteroatoms. The largest absolute Gasteiger partial charge is 0.476 e. The van der Waals surface area contributed by atoms with Crippen LogP contribution in [0.3, 0.4) is 0 Å². The van der Waals surface area contributed by atoms with Crippen LogP contribution in [-0.2, 0) is 6.54 Å². The molecule has 112 valence electrons. The van der Waals surface area contributed by atoms with Crippen LogP contribution in [-0.4, -0.2) is 38.4 Å². The van der Waals surface area contributed by atoms with E-state index in [9.17, 15) is 14.3 Å². The summed E-state index contributed by atoms with van der Waals surface area (Å²) < 4.78 is 15.3. The molecular weight excluding hydrogens is 273 g/mol. The van der Waals surface area contributed by atoms with E-state index < -0.39 is 11.8 Å². The van der Waals surface area contributed by atoms with Gasteiger partial charge in [-0.3, -0.25) is 9.30 Å². The highest BCUT2D eigenvalue weighted by Crippen LogP contribution is 2.21. The van der Waals surface area contributed by atoms with E-state index in [-0.39, 0.29) is 11.3 Å². The Morgan fingerprint density at radius 1 is 1.48 bits per heavy atom. The third-order valence-corrected chi connectivity index (χ3v) is 4.15. The standard InChI is InChI=1S/C15H18FN3O2/c1-10-4-7-18(8-5-10)9-12-13(15(20)21)17-14-11(16)3-2-6-19(12)14/h2-3,6,10H,4-5,7-9H2,1H3,(H,20,21). The maximum absolute atomic E-state index is 13.8. The van der Waals surface area contributed by atoms with Crippen LogP contribution in [0.1, 0.15) is 35.9 Å². The molecule has 3 heterocycles. The number of rotatable bonds is 3. The van der Waals surface area contributed by atoms with Crippen molar-refractivity contribution in [3.05, 3.63) is 35.5 Å². The van der Waals surface area contributed by atoms with E-state index >= 15 is 0 Å². The molecule has 2 aromatic heterocycles.